The van der Waals surface area contributed by atoms with Crippen LogP contribution in [0.2, 0.25) is 0 Å². The number of carbonyl (C=O) groups is 1. The molecule has 1 heterocycles. The quantitative estimate of drug-likeness (QED) is 0.847. The zero-order valence-corrected chi connectivity index (χ0v) is 12.6. The Morgan fingerprint density at radius 3 is 2.00 bits per heavy atom. The fourth-order valence-corrected chi connectivity index (χ4v) is 2.55. The summed E-state index contributed by atoms with van der Waals surface area (Å²) in [6.45, 7) is 3.62. The summed E-state index contributed by atoms with van der Waals surface area (Å²) < 4.78 is 4.67. The van der Waals surface area contributed by atoms with Crippen LogP contribution in [-0.4, -0.2) is 13.1 Å². The van der Waals surface area contributed by atoms with Crippen molar-refractivity contribution in [3.8, 4) is 12.1 Å². The zero-order valence-electron chi connectivity index (χ0n) is 12.6. The van der Waals surface area contributed by atoms with Crippen LogP contribution >= 0.6 is 0 Å². The van der Waals surface area contributed by atoms with Gasteiger partial charge in [0.1, 0.15) is 0 Å². The lowest BCUT2D eigenvalue weighted by atomic mass is 9.81. The van der Waals surface area contributed by atoms with E-state index in [1.165, 1.54) is 7.11 Å². The van der Waals surface area contributed by atoms with Gasteiger partial charge in [-0.05, 0) is 31.5 Å². The SMILES string of the molecule is COC(=O)c1ccc(C2C(C#N)=C(C)NC(C)=C2C#N)cc1. The van der Waals surface area contributed by atoms with Crippen molar-refractivity contribution >= 4 is 5.97 Å². The Bertz CT molecular complexity index is 723. The first-order valence-corrected chi connectivity index (χ1v) is 6.70. The Labute approximate surface area is 129 Å². The summed E-state index contributed by atoms with van der Waals surface area (Å²) in [7, 11) is 1.32. The number of benzene rings is 1. The van der Waals surface area contributed by atoms with Crippen LogP contribution in [0.3, 0.4) is 0 Å². The maximum Gasteiger partial charge on any atom is 0.337 e. The lowest BCUT2D eigenvalue weighted by Crippen LogP contribution is -2.23. The van der Waals surface area contributed by atoms with Crippen LogP contribution in [0.4, 0.5) is 0 Å². The van der Waals surface area contributed by atoms with Crippen molar-refractivity contribution in [2.24, 2.45) is 0 Å². The third kappa shape index (κ3) is 2.57. The molecule has 1 aliphatic rings. The lowest BCUT2D eigenvalue weighted by Gasteiger charge is -2.26. The number of hydrogen-bond acceptors (Lipinski definition) is 5. The molecular formula is C17H15N3O2. The average Bonchev–Trinajstić information content (AvgIpc) is 2.53. The maximum atomic E-state index is 11.5. The molecule has 110 valence electrons. The minimum atomic E-state index is -0.420. The van der Waals surface area contributed by atoms with E-state index < -0.39 is 11.9 Å². The van der Waals surface area contributed by atoms with Gasteiger partial charge in [-0.25, -0.2) is 4.79 Å². The summed E-state index contributed by atoms with van der Waals surface area (Å²) in [5.41, 5.74) is 3.71. The summed E-state index contributed by atoms with van der Waals surface area (Å²) in [5, 5.41) is 21.9. The number of nitriles is 2. The minimum absolute atomic E-state index is 0.414. The van der Waals surface area contributed by atoms with Gasteiger partial charge < -0.3 is 10.1 Å². The number of hydrogen-bond donors (Lipinski definition) is 1. The first kappa shape index (κ1) is 15.3. The van der Waals surface area contributed by atoms with Crippen molar-refractivity contribution in [2.75, 3.05) is 7.11 Å². The van der Waals surface area contributed by atoms with Crippen molar-refractivity contribution < 1.29 is 9.53 Å². The molecule has 0 saturated heterocycles. The van der Waals surface area contributed by atoms with Gasteiger partial charge in [0, 0.05) is 11.4 Å². The number of methoxy groups -OCH3 is 1. The Morgan fingerprint density at radius 1 is 1.09 bits per heavy atom. The van der Waals surface area contributed by atoms with Crippen molar-refractivity contribution in [1.82, 2.24) is 5.32 Å². The Hall–Kier alpha value is -3.05. The number of ether oxygens (including phenoxy) is 1. The first-order valence-electron chi connectivity index (χ1n) is 6.70. The van der Waals surface area contributed by atoms with E-state index in [1.54, 1.807) is 24.3 Å². The maximum absolute atomic E-state index is 11.5. The Morgan fingerprint density at radius 2 is 1.59 bits per heavy atom. The van der Waals surface area contributed by atoms with E-state index >= 15 is 0 Å². The second-order valence-corrected chi connectivity index (χ2v) is 4.97. The number of allylic oxidation sites excluding steroid dienone is 4. The van der Waals surface area contributed by atoms with Crippen LogP contribution in [0.5, 0.6) is 0 Å². The Balaban J connectivity index is 2.52. The van der Waals surface area contributed by atoms with Crippen molar-refractivity contribution in [2.45, 2.75) is 19.8 Å². The molecule has 0 radical (unpaired) electrons. The second-order valence-electron chi connectivity index (χ2n) is 4.97. The summed E-state index contributed by atoms with van der Waals surface area (Å²) >= 11 is 0. The molecule has 1 aromatic carbocycles. The number of dihydropyridines is 1. The Kier molecular flexibility index (Phi) is 4.29. The molecule has 0 saturated carbocycles. The van der Waals surface area contributed by atoms with E-state index in [1.807, 2.05) is 13.8 Å². The molecule has 1 aromatic rings. The van der Waals surface area contributed by atoms with E-state index in [2.05, 4.69) is 22.2 Å². The standard InChI is InChI=1S/C17H15N3O2/c1-10-14(8-18)16(15(9-19)11(2)20-10)12-4-6-13(7-5-12)17(21)22-3/h4-7,16,20H,1-3H3. The normalized spacial score (nSPS) is 15.0. The van der Waals surface area contributed by atoms with Crippen LogP contribution < -0.4 is 5.32 Å². The van der Waals surface area contributed by atoms with Gasteiger partial charge in [0.15, 0.2) is 0 Å². The van der Waals surface area contributed by atoms with Crippen molar-refractivity contribution in [3.63, 3.8) is 0 Å². The average molecular weight is 293 g/mol. The highest BCUT2D eigenvalue weighted by molar-refractivity contribution is 5.89. The van der Waals surface area contributed by atoms with E-state index in [9.17, 15) is 15.3 Å². The third-order valence-corrected chi connectivity index (χ3v) is 3.67. The largest absolute Gasteiger partial charge is 0.465 e. The fourth-order valence-electron chi connectivity index (χ4n) is 2.55. The molecule has 5 nitrogen and oxygen atoms in total. The molecule has 22 heavy (non-hydrogen) atoms. The van der Waals surface area contributed by atoms with E-state index in [0.717, 1.165) is 17.0 Å². The van der Waals surface area contributed by atoms with Crippen LogP contribution in [-0.2, 0) is 4.74 Å². The summed E-state index contributed by atoms with van der Waals surface area (Å²) in [6, 6.07) is 11.1. The predicted octanol–water partition coefficient (Wildman–Crippen LogP) is 2.76. The van der Waals surface area contributed by atoms with Crippen molar-refractivity contribution in [1.29, 1.82) is 10.5 Å². The number of carbonyl (C=O) groups excluding carboxylic acids is 1. The molecule has 0 fully saturated rings. The fraction of sp³-hybridized carbons (Fsp3) is 0.235. The van der Waals surface area contributed by atoms with E-state index in [0.29, 0.717) is 16.7 Å². The summed E-state index contributed by atoms with van der Waals surface area (Å²) in [6.07, 6.45) is 0. The van der Waals surface area contributed by atoms with Crippen LogP contribution in [0.25, 0.3) is 0 Å². The molecule has 1 aliphatic heterocycles. The first-order chi connectivity index (χ1) is 10.5. The number of nitrogens with one attached hydrogen (secondary N) is 1. The molecule has 1 N–H and O–H groups in total. The molecule has 0 bridgehead atoms. The topological polar surface area (TPSA) is 85.9 Å². The monoisotopic (exact) mass is 293 g/mol. The molecule has 0 spiro atoms. The molecule has 0 aliphatic carbocycles. The molecule has 0 atom stereocenters. The van der Waals surface area contributed by atoms with Gasteiger partial charge >= 0.3 is 5.97 Å². The number of rotatable bonds is 2. The molecular weight excluding hydrogens is 278 g/mol. The van der Waals surface area contributed by atoms with E-state index in [-0.39, 0.29) is 0 Å². The highest BCUT2D eigenvalue weighted by Crippen LogP contribution is 2.37. The van der Waals surface area contributed by atoms with Crippen LogP contribution in [0.15, 0.2) is 46.8 Å². The van der Waals surface area contributed by atoms with Gasteiger partial charge in [-0.2, -0.15) is 10.5 Å². The van der Waals surface area contributed by atoms with Gasteiger partial charge in [-0.3, -0.25) is 0 Å². The third-order valence-electron chi connectivity index (χ3n) is 3.67. The molecule has 0 aromatic heterocycles. The van der Waals surface area contributed by atoms with Gasteiger partial charge in [-0.1, -0.05) is 12.1 Å². The van der Waals surface area contributed by atoms with Crippen LogP contribution in [0, 0.1) is 22.7 Å². The smallest absolute Gasteiger partial charge is 0.337 e. The van der Waals surface area contributed by atoms with E-state index in [4.69, 9.17) is 0 Å². The highest BCUT2D eigenvalue weighted by atomic mass is 16.5. The predicted molar refractivity (Wildman–Crippen MR) is 80.3 cm³/mol. The summed E-state index contributed by atoms with van der Waals surface area (Å²) in [5.74, 6) is -0.834. The molecule has 0 unspecified atom stereocenters. The van der Waals surface area contributed by atoms with Crippen molar-refractivity contribution in [3.05, 3.63) is 57.9 Å². The van der Waals surface area contributed by atoms with Gasteiger partial charge in [0.05, 0.1) is 41.9 Å². The zero-order chi connectivity index (χ0) is 16.3. The van der Waals surface area contributed by atoms with Gasteiger partial charge in [0.2, 0.25) is 0 Å². The van der Waals surface area contributed by atoms with Gasteiger partial charge in [-0.15, -0.1) is 0 Å². The second kappa shape index (κ2) is 6.15. The van der Waals surface area contributed by atoms with Crippen LogP contribution in [0.1, 0.15) is 35.7 Å². The van der Waals surface area contributed by atoms with Gasteiger partial charge in [0.25, 0.3) is 0 Å². The molecule has 2 rings (SSSR count). The lowest BCUT2D eigenvalue weighted by molar-refractivity contribution is 0.0600. The molecule has 0 amide bonds. The minimum Gasteiger partial charge on any atom is -0.465 e. The molecule has 5 heteroatoms. The number of esters is 1. The summed E-state index contributed by atoms with van der Waals surface area (Å²) in [4.78, 5) is 11.5. The number of nitrogens with zero attached hydrogens (tertiary/aromatic N) is 2. The highest BCUT2D eigenvalue weighted by Gasteiger charge is 2.29.